The van der Waals surface area contributed by atoms with Crippen molar-refractivity contribution in [3.63, 3.8) is 0 Å². The van der Waals surface area contributed by atoms with E-state index in [0.29, 0.717) is 11.3 Å². The second-order valence-corrected chi connectivity index (χ2v) is 5.43. The smallest absolute Gasteiger partial charge is 0.253 e. The molecule has 0 spiro atoms. The van der Waals surface area contributed by atoms with Crippen LogP contribution in [0.25, 0.3) is 0 Å². The first-order valence-electron chi connectivity index (χ1n) is 5.28. The third-order valence-corrected chi connectivity index (χ3v) is 2.84. The van der Waals surface area contributed by atoms with E-state index >= 15 is 0 Å². The summed E-state index contributed by atoms with van der Waals surface area (Å²) in [5.74, 6) is -0.281. The fraction of sp³-hybridized carbons (Fsp3) is 0.400. The highest BCUT2D eigenvalue weighted by atomic mass is 32.2. The molecule has 0 atom stereocenters. The van der Waals surface area contributed by atoms with Gasteiger partial charge < -0.3 is 10.6 Å². The number of nitrogens with one attached hydrogen (secondary N) is 3. The maximum Gasteiger partial charge on any atom is 0.253 e. The number of rotatable bonds is 6. The average molecular weight is 272 g/mol. The number of carbonyl (C=O) groups is 1. The molecule has 18 heavy (non-hydrogen) atoms. The lowest BCUT2D eigenvalue weighted by atomic mass is 10.2. The predicted molar refractivity (Wildman–Crippen MR) is 69.0 cm³/mol. The molecule has 1 amide bonds. The summed E-state index contributed by atoms with van der Waals surface area (Å²) >= 11 is 0. The summed E-state index contributed by atoms with van der Waals surface area (Å²) in [5.41, 5.74) is 1.08. The lowest BCUT2D eigenvalue weighted by molar-refractivity contribution is 0.0955. The van der Waals surface area contributed by atoms with E-state index in [1.807, 2.05) is 0 Å². The van der Waals surface area contributed by atoms with Crippen molar-refractivity contribution in [2.24, 2.45) is 0 Å². The molecule has 0 aromatic carbocycles. The average Bonchev–Trinajstić information content (AvgIpc) is 2.33. The van der Waals surface area contributed by atoms with Gasteiger partial charge in [0.05, 0.1) is 23.7 Å². The number of nitrogens with zero attached hydrogens (tertiary/aromatic N) is 1. The molecular weight excluding hydrogens is 256 g/mol. The second-order valence-electron chi connectivity index (χ2n) is 3.59. The van der Waals surface area contributed by atoms with E-state index in [1.54, 1.807) is 19.3 Å². The molecule has 0 unspecified atom stereocenters. The number of anilines is 1. The molecule has 1 aromatic heterocycles. The zero-order valence-electron chi connectivity index (χ0n) is 10.2. The highest BCUT2D eigenvalue weighted by molar-refractivity contribution is 7.88. The van der Waals surface area contributed by atoms with Gasteiger partial charge in [0, 0.05) is 26.3 Å². The molecule has 0 radical (unpaired) electrons. The van der Waals surface area contributed by atoms with Gasteiger partial charge in [-0.25, -0.2) is 13.1 Å². The van der Waals surface area contributed by atoms with Gasteiger partial charge in [0.1, 0.15) is 0 Å². The first-order valence-corrected chi connectivity index (χ1v) is 7.18. The standard InChI is InChI=1S/C10H16N4O3S/c1-11-9-7-12-4-3-8(9)10(15)13-5-6-14-18(2,16)17/h3-4,7,11,14H,5-6H2,1-2H3,(H,13,15). The fourth-order valence-corrected chi connectivity index (χ4v) is 1.77. The molecule has 0 aliphatic rings. The van der Waals surface area contributed by atoms with Crippen LogP contribution in [-0.4, -0.2) is 45.7 Å². The molecule has 1 aromatic rings. The van der Waals surface area contributed by atoms with Gasteiger partial charge in [0.2, 0.25) is 10.0 Å². The van der Waals surface area contributed by atoms with Gasteiger partial charge in [-0.15, -0.1) is 0 Å². The predicted octanol–water partition coefficient (Wildman–Crippen LogP) is -0.598. The quantitative estimate of drug-likeness (QED) is 0.601. The topological polar surface area (TPSA) is 100 Å². The Hall–Kier alpha value is -1.67. The summed E-state index contributed by atoms with van der Waals surface area (Å²) < 4.78 is 23.9. The van der Waals surface area contributed by atoms with Crippen molar-refractivity contribution < 1.29 is 13.2 Å². The van der Waals surface area contributed by atoms with Crippen molar-refractivity contribution >= 4 is 21.6 Å². The summed E-state index contributed by atoms with van der Waals surface area (Å²) in [6.07, 6.45) is 4.13. The van der Waals surface area contributed by atoms with E-state index in [-0.39, 0.29) is 19.0 Å². The minimum Gasteiger partial charge on any atom is -0.386 e. The molecule has 8 heteroatoms. The normalized spacial score (nSPS) is 11.0. The molecule has 1 heterocycles. The van der Waals surface area contributed by atoms with Gasteiger partial charge in [-0.1, -0.05) is 0 Å². The first-order chi connectivity index (χ1) is 8.44. The van der Waals surface area contributed by atoms with Crippen LogP contribution in [0.3, 0.4) is 0 Å². The Labute approximate surface area is 106 Å². The van der Waals surface area contributed by atoms with Crippen molar-refractivity contribution in [1.82, 2.24) is 15.0 Å². The summed E-state index contributed by atoms with van der Waals surface area (Å²) in [6, 6.07) is 1.59. The van der Waals surface area contributed by atoms with Crippen LogP contribution in [0.15, 0.2) is 18.5 Å². The number of pyridine rings is 1. The molecule has 0 saturated carbocycles. The van der Waals surface area contributed by atoms with Crippen LogP contribution in [0, 0.1) is 0 Å². The van der Waals surface area contributed by atoms with Crippen molar-refractivity contribution in [3.05, 3.63) is 24.0 Å². The number of sulfonamides is 1. The van der Waals surface area contributed by atoms with Gasteiger partial charge in [-0.2, -0.15) is 0 Å². The first kappa shape index (κ1) is 14.4. The second kappa shape index (κ2) is 6.31. The van der Waals surface area contributed by atoms with Crippen molar-refractivity contribution in [2.75, 3.05) is 31.7 Å². The largest absolute Gasteiger partial charge is 0.386 e. The van der Waals surface area contributed by atoms with E-state index in [4.69, 9.17) is 0 Å². The Morgan fingerprint density at radius 2 is 2.11 bits per heavy atom. The molecule has 0 bridgehead atoms. The highest BCUT2D eigenvalue weighted by Crippen LogP contribution is 2.11. The molecule has 0 aliphatic heterocycles. The van der Waals surface area contributed by atoms with Crippen LogP contribution < -0.4 is 15.4 Å². The molecule has 0 aliphatic carbocycles. The zero-order chi connectivity index (χ0) is 13.6. The number of carbonyl (C=O) groups excluding carboxylic acids is 1. The van der Waals surface area contributed by atoms with E-state index < -0.39 is 10.0 Å². The maximum atomic E-state index is 11.8. The molecule has 100 valence electrons. The van der Waals surface area contributed by atoms with E-state index in [0.717, 1.165) is 6.26 Å². The van der Waals surface area contributed by atoms with Gasteiger partial charge >= 0.3 is 0 Å². The third-order valence-electron chi connectivity index (χ3n) is 2.11. The highest BCUT2D eigenvalue weighted by Gasteiger charge is 2.09. The lowest BCUT2D eigenvalue weighted by Gasteiger charge is -2.09. The van der Waals surface area contributed by atoms with Gasteiger partial charge in [0.15, 0.2) is 0 Å². The van der Waals surface area contributed by atoms with Crippen molar-refractivity contribution in [2.45, 2.75) is 0 Å². The third kappa shape index (κ3) is 4.68. The summed E-state index contributed by atoms with van der Waals surface area (Å²) in [6.45, 7) is 0.377. The summed E-state index contributed by atoms with van der Waals surface area (Å²) in [5, 5.41) is 5.47. The Kier molecular flexibility index (Phi) is 5.05. The van der Waals surface area contributed by atoms with Gasteiger partial charge in [-0.3, -0.25) is 9.78 Å². The Bertz CT molecular complexity index is 516. The van der Waals surface area contributed by atoms with Crippen LogP contribution in [0.1, 0.15) is 10.4 Å². The molecule has 7 nitrogen and oxygen atoms in total. The van der Waals surface area contributed by atoms with E-state index in [1.165, 1.54) is 6.20 Å². The monoisotopic (exact) mass is 272 g/mol. The van der Waals surface area contributed by atoms with E-state index in [9.17, 15) is 13.2 Å². The fourth-order valence-electron chi connectivity index (χ4n) is 1.30. The number of hydrogen-bond acceptors (Lipinski definition) is 5. The number of amides is 1. The summed E-state index contributed by atoms with van der Waals surface area (Å²) in [4.78, 5) is 15.7. The van der Waals surface area contributed by atoms with E-state index in [2.05, 4.69) is 20.3 Å². The number of hydrogen-bond donors (Lipinski definition) is 3. The SMILES string of the molecule is CNc1cnccc1C(=O)NCCNS(C)(=O)=O. The molecule has 1 rings (SSSR count). The Balaban J connectivity index is 2.51. The molecule has 0 saturated heterocycles. The van der Waals surface area contributed by atoms with Gasteiger partial charge in [0.25, 0.3) is 5.91 Å². The van der Waals surface area contributed by atoms with Crippen LogP contribution in [0.2, 0.25) is 0 Å². The minimum absolute atomic E-state index is 0.157. The van der Waals surface area contributed by atoms with Crippen LogP contribution in [0.4, 0.5) is 5.69 Å². The Morgan fingerprint density at radius 3 is 2.72 bits per heavy atom. The van der Waals surface area contributed by atoms with Crippen molar-refractivity contribution in [3.8, 4) is 0 Å². The van der Waals surface area contributed by atoms with Gasteiger partial charge in [-0.05, 0) is 6.07 Å². The molecular formula is C10H16N4O3S. The molecule has 0 fully saturated rings. The summed E-state index contributed by atoms with van der Waals surface area (Å²) in [7, 11) is -1.53. The maximum absolute atomic E-state index is 11.8. The van der Waals surface area contributed by atoms with Crippen LogP contribution in [0.5, 0.6) is 0 Å². The van der Waals surface area contributed by atoms with Crippen LogP contribution >= 0.6 is 0 Å². The molecule has 3 N–H and O–H groups in total. The van der Waals surface area contributed by atoms with Crippen molar-refractivity contribution in [1.29, 1.82) is 0 Å². The van der Waals surface area contributed by atoms with Crippen LogP contribution in [-0.2, 0) is 10.0 Å². The number of aromatic nitrogens is 1. The Morgan fingerprint density at radius 1 is 1.39 bits per heavy atom. The lowest BCUT2D eigenvalue weighted by Crippen LogP contribution is -2.34. The zero-order valence-corrected chi connectivity index (χ0v) is 11.0. The minimum atomic E-state index is -3.22.